The molecular formula is C14H27N3O. The number of aromatic nitrogens is 2. The summed E-state index contributed by atoms with van der Waals surface area (Å²) in [5.74, 6) is 1.61. The van der Waals surface area contributed by atoms with Gasteiger partial charge in [0, 0.05) is 38.7 Å². The van der Waals surface area contributed by atoms with Crippen LogP contribution in [0.1, 0.15) is 40.0 Å². The second kappa shape index (κ2) is 8.97. The minimum Gasteiger partial charge on any atom is -0.381 e. The summed E-state index contributed by atoms with van der Waals surface area (Å²) in [4.78, 5) is 4.33. The van der Waals surface area contributed by atoms with Gasteiger partial charge in [0.15, 0.2) is 0 Å². The van der Waals surface area contributed by atoms with Gasteiger partial charge in [-0.1, -0.05) is 27.2 Å². The monoisotopic (exact) mass is 253 g/mol. The first-order valence-electron chi connectivity index (χ1n) is 7.06. The number of imidazole rings is 1. The van der Waals surface area contributed by atoms with Crippen LogP contribution in [0, 0.1) is 5.92 Å². The Labute approximate surface area is 111 Å². The van der Waals surface area contributed by atoms with E-state index < -0.39 is 0 Å². The van der Waals surface area contributed by atoms with E-state index in [0.29, 0.717) is 5.92 Å². The molecule has 0 bridgehead atoms. The minimum absolute atomic E-state index is 0.636. The van der Waals surface area contributed by atoms with E-state index in [0.717, 1.165) is 45.1 Å². The van der Waals surface area contributed by atoms with Crippen molar-refractivity contribution in [3.05, 3.63) is 12.4 Å². The third kappa shape index (κ3) is 6.05. The lowest BCUT2D eigenvalue weighted by molar-refractivity contribution is 0.131. The normalized spacial score (nSPS) is 11.1. The van der Waals surface area contributed by atoms with Crippen LogP contribution in [0.2, 0.25) is 0 Å². The summed E-state index contributed by atoms with van der Waals surface area (Å²) in [5, 5.41) is 3.36. The van der Waals surface area contributed by atoms with E-state index in [1.165, 1.54) is 6.42 Å². The van der Waals surface area contributed by atoms with Crippen molar-refractivity contribution >= 4 is 5.95 Å². The number of ether oxygens (including phenoxy) is 1. The fourth-order valence-electron chi connectivity index (χ4n) is 1.74. The highest BCUT2D eigenvalue weighted by Crippen LogP contribution is 2.08. The fourth-order valence-corrected chi connectivity index (χ4v) is 1.74. The molecule has 0 aliphatic heterocycles. The molecule has 0 amide bonds. The molecule has 0 saturated carbocycles. The Morgan fingerprint density at radius 1 is 1.33 bits per heavy atom. The second-order valence-corrected chi connectivity index (χ2v) is 5.04. The molecule has 0 fully saturated rings. The van der Waals surface area contributed by atoms with Crippen molar-refractivity contribution in [2.24, 2.45) is 5.92 Å². The SMILES string of the molecule is CCCCOCCCNc1nccn1CC(C)C. The standard InChI is InChI=1S/C14H27N3O/c1-4-5-10-18-11-6-7-15-14-16-8-9-17(14)12-13(2)3/h8-9,13H,4-7,10-12H2,1-3H3,(H,15,16). The van der Waals surface area contributed by atoms with Crippen LogP contribution >= 0.6 is 0 Å². The maximum Gasteiger partial charge on any atom is 0.202 e. The molecule has 1 aromatic heterocycles. The van der Waals surface area contributed by atoms with Gasteiger partial charge in [-0.2, -0.15) is 0 Å². The first-order valence-corrected chi connectivity index (χ1v) is 7.06. The molecule has 18 heavy (non-hydrogen) atoms. The second-order valence-electron chi connectivity index (χ2n) is 5.04. The van der Waals surface area contributed by atoms with Crippen molar-refractivity contribution < 1.29 is 4.74 Å². The van der Waals surface area contributed by atoms with Crippen molar-refractivity contribution in [1.82, 2.24) is 9.55 Å². The van der Waals surface area contributed by atoms with Gasteiger partial charge in [-0.15, -0.1) is 0 Å². The van der Waals surface area contributed by atoms with Crippen LogP contribution in [0.4, 0.5) is 5.95 Å². The zero-order valence-electron chi connectivity index (χ0n) is 12.0. The summed E-state index contributed by atoms with van der Waals surface area (Å²) in [6.07, 6.45) is 7.26. The number of unbranched alkanes of at least 4 members (excludes halogenated alkanes) is 1. The van der Waals surface area contributed by atoms with E-state index in [1.54, 1.807) is 0 Å². The summed E-state index contributed by atoms with van der Waals surface area (Å²) in [7, 11) is 0. The van der Waals surface area contributed by atoms with Gasteiger partial charge in [-0.25, -0.2) is 4.98 Å². The summed E-state index contributed by atoms with van der Waals surface area (Å²) in [6.45, 7) is 10.3. The van der Waals surface area contributed by atoms with Crippen molar-refractivity contribution in [2.75, 3.05) is 25.1 Å². The number of nitrogens with one attached hydrogen (secondary N) is 1. The van der Waals surface area contributed by atoms with Crippen LogP contribution in [-0.4, -0.2) is 29.3 Å². The van der Waals surface area contributed by atoms with Crippen LogP contribution in [-0.2, 0) is 11.3 Å². The largest absolute Gasteiger partial charge is 0.381 e. The molecule has 0 spiro atoms. The highest BCUT2D eigenvalue weighted by molar-refractivity contribution is 5.25. The van der Waals surface area contributed by atoms with Gasteiger partial charge < -0.3 is 14.6 Å². The molecule has 4 nitrogen and oxygen atoms in total. The van der Waals surface area contributed by atoms with Gasteiger partial charge >= 0.3 is 0 Å². The van der Waals surface area contributed by atoms with Crippen molar-refractivity contribution in [3.8, 4) is 0 Å². The quantitative estimate of drug-likeness (QED) is 0.651. The molecule has 0 atom stereocenters. The number of nitrogens with zero attached hydrogens (tertiary/aromatic N) is 2. The molecule has 0 aliphatic rings. The van der Waals surface area contributed by atoms with Crippen molar-refractivity contribution in [3.63, 3.8) is 0 Å². The van der Waals surface area contributed by atoms with Gasteiger partial charge in [0.1, 0.15) is 0 Å². The van der Waals surface area contributed by atoms with E-state index in [9.17, 15) is 0 Å². The molecule has 4 heteroatoms. The number of hydrogen-bond acceptors (Lipinski definition) is 3. The summed E-state index contributed by atoms with van der Waals surface area (Å²) < 4.78 is 7.69. The summed E-state index contributed by atoms with van der Waals surface area (Å²) in [6, 6.07) is 0. The Balaban J connectivity index is 2.13. The van der Waals surface area contributed by atoms with Crippen molar-refractivity contribution in [1.29, 1.82) is 0 Å². The van der Waals surface area contributed by atoms with Gasteiger partial charge in [0.05, 0.1) is 0 Å². The average Bonchev–Trinajstić information content (AvgIpc) is 2.75. The smallest absolute Gasteiger partial charge is 0.202 e. The molecule has 0 aromatic carbocycles. The molecule has 0 unspecified atom stereocenters. The highest BCUT2D eigenvalue weighted by Gasteiger charge is 2.03. The lowest BCUT2D eigenvalue weighted by atomic mass is 10.2. The fraction of sp³-hybridized carbons (Fsp3) is 0.786. The first-order chi connectivity index (χ1) is 8.74. The molecular weight excluding hydrogens is 226 g/mol. The van der Waals surface area contributed by atoms with Gasteiger partial charge in [0.25, 0.3) is 0 Å². The predicted molar refractivity (Wildman–Crippen MR) is 75.9 cm³/mol. The number of hydrogen-bond donors (Lipinski definition) is 1. The molecule has 0 aliphatic carbocycles. The summed E-state index contributed by atoms with van der Waals surface area (Å²) >= 11 is 0. The van der Waals surface area contributed by atoms with E-state index in [2.05, 4.69) is 35.6 Å². The Hall–Kier alpha value is -1.03. The third-order valence-corrected chi connectivity index (χ3v) is 2.67. The maximum atomic E-state index is 5.52. The van der Waals surface area contributed by atoms with Crippen molar-refractivity contribution in [2.45, 2.75) is 46.6 Å². The Kier molecular flexibility index (Phi) is 7.49. The van der Waals surface area contributed by atoms with Crippen LogP contribution in [0.15, 0.2) is 12.4 Å². The molecule has 1 aromatic rings. The lowest BCUT2D eigenvalue weighted by Gasteiger charge is -2.11. The zero-order valence-corrected chi connectivity index (χ0v) is 12.0. The van der Waals surface area contributed by atoms with E-state index in [1.807, 2.05) is 12.4 Å². The predicted octanol–water partition coefficient (Wildman–Crippen LogP) is 3.16. The van der Waals surface area contributed by atoms with Crippen LogP contribution < -0.4 is 5.32 Å². The van der Waals surface area contributed by atoms with Crippen LogP contribution in [0.25, 0.3) is 0 Å². The first kappa shape index (κ1) is 15.0. The Bertz CT molecular complexity index is 310. The van der Waals surface area contributed by atoms with Crippen LogP contribution in [0.5, 0.6) is 0 Å². The van der Waals surface area contributed by atoms with E-state index in [4.69, 9.17) is 4.74 Å². The topological polar surface area (TPSA) is 39.1 Å². The van der Waals surface area contributed by atoms with Crippen LogP contribution in [0.3, 0.4) is 0 Å². The summed E-state index contributed by atoms with van der Waals surface area (Å²) in [5.41, 5.74) is 0. The molecule has 0 saturated heterocycles. The van der Waals surface area contributed by atoms with Gasteiger partial charge in [-0.05, 0) is 18.8 Å². The van der Waals surface area contributed by atoms with Gasteiger partial charge in [-0.3, -0.25) is 0 Å². The Morgan fingerprint density at radius 3 is 2.83 bits per heavy atom. The Morgan fingerprint density at radius 2 is 2.11 bits per heavy atom. The average molecular weight is 253 g/mol. The molecule has 1 rings (SSSR count). The highest BCUT2D eigenvalue weighted by atomic mass is 16.5. The zero-order chi connectivity index (χ0) is 13.2. The number of rotatable bonds is 10. The van der Waals surface area contributed by atoms with E-state index >= 15 is 0 Å². The molecule has 1 N–H and O–H groups in total. The third-order valence-electron chi connectivity index (χ3n) is 2.67. The maximum absolute atomic E-state index is 5.52. The number of anilines is 1. The van der Waals surface area contributed by atoms with Gasteiger partial charge in [0.2, 0.25) is 5.95 Å². The molecule has 0 radical (unpaired) electrons. The van der Waals surface area contributed by atoms with E-state index in [-0.39, 0.29) is 0 Å². The molecule has 1 heterocycles. The lowest BCUT2D eigenvalue weighted by Crippen LogP contribution is -2.12. The minimum atomic E-state index is 0.636. The molecule has 104 valence electrons.